The summed E-state index contributed by atoms with van der Waals surface area (Å²) < 4.78 is 12.7. The van der Waals surface area contributed by atoms with Crippen LogP contribution in [0.25, 0.3) is 0 Å². The molecule has 0 aliphatic heterocycles. The molecular formula is C15H18N2O3. The standard InChI is InChI=1S/C15H18N2O3/c1-4-17-9-12(8-16-17)10-20-15-7-13(19-3)5-6-14(15)11(2)18/h5-9H,4,10H2,1-3H3. The van der Waals surface area contributed by atoms with Gasteiger partial charge in [0.15, 0.2) is 5.78 Å². The smallest absolute Gasteiger partial charge is 0.163 e. The van der Waals surface area contributed by atoms with Crippen LogP contribution in [0, 0.1) is 0 Å². The summed E-state index contributed by atoms with van der Waals surface area (Å²) in [4.78, 5) is 11.6. The van der Waals surface area contributed by atoms with Gasteiger partial charge in [-0.3, -0.25) is 9.48 Å². The van der Waals surface area contributed by atoms with Gasteiger partial charge in [-0.25, -0.2) is 0 Å². The molecule has 20 heavy (non-hydrogen) atoms. The van der Waals surface area contributed by atoms with Gasteiger partial charge in [-0.2, -0.15) is 5.10 Å². The lowest BCUT2D eigenvalue weighted by Crippen LogP contribution is -2.02. The average molecular weight is 274 g/mol. The minimum atomic E-state index is -0.0353. The number of ketones is 1. The number of hydrogen-bond acceptors (Lipinski definition) is 4. The van der Waals surface area contributed by atoms with Crippen LogP contribution in [0.15, 0.2) is 30.6 Å². The normalized spacial score (nSPS) is 10.3. The molecule has 0 bridgehead atoms. The first kappa shape index (κ1) is 14.1. The van der Waals surface area contributed by atoms with Gasteiger partial charge in [-0.1, -0.05) is 0 Å². The van der Waals surface area contributed by atoms with Crippen molar-refractivity contribution in [1.29, 1.82) is 0 Å². The summed E-state index contributed by atoms with van der Waals surface area (Å²) in [5.41, 5.74) is 1.51. The first-order valence-electron chi connectivity index (χ1n) is 6.47. The zero-order valence-corrected chi connectivity index (χ0v) is 11.9. The van der Waals surface area contributed by atoms with Crippen molar-refractivity contribution in [3.05, 3.63) is 41.7 Å². The Morgan fingerprint density at radius 1 is 1.40 bits per heavy atom. The molecule has 0 saturated carbocycles. The molecule has 1 heterocycles. The molecule has 0 aliphatic carbocycles. The highest BCUT2D eigenvalue weighted by Crippen LogP contribution is 2.26. The number of ether oxygens (including phenoxy) is 2. The average Bonchev–Trinajstić information content (AvgIpc) is 2.92. The van der Waals surface area contributed by atoms with E-state index in [1.807, 2.05) is 17.8 Å². The SMILES string of the molecule is CCn1cc(COc2cc(OC)ccc2C(C)=O)cn1. The Morgan fingerprint density at radius 2 is 2.20 bits per heavy atom. The lowest BCUT2D eigenvalue weighted by Gasteiger charge is -2.10. The summed E-state index contributed by atoms with van der Waals surface area (Å²) in [6, 6.07) is 5.19. The summed E-state index contributed by atoms with van der Waals surface area (Å²) in [5, 5.41) is 4.18. The van der Waals surface area contributed by atoms with Gasteiger partial charge in [0.05, 0.1) is 18.9 Å². The summed E-state index contributed by atoms with van der Waals surface area (Å²) in [6.07, 6.45) is 3.69. The molecule has 2 rings (SSSR count). The van der Waals surface area contributed by atoms with Gasteiger partial charge in [0.2, 0.25) is 0 Å². The number of rotatable bonds is 6. The molecule has 0 fully saturated rings. The van der Waals surface area contributed by atoms with Crippen LogP contribution in [0.2, 0.25) is 0 Å². The van der Waals surface area contributed by atoms with Crippen molar-refractivity contribution in [2.45, 2.75) is 27.0 Å². The second kappa shape index (κ2) is 6.23. The third-order valence-electron chi connectivity index (χ3n) is 2.97. The van der Waals surface area contributed by atoms with E-state index in [-0.39, 0.29) is 5.78 Å². The highest BCUT2D eigenvalue weighted by atomic mass is 16.5. The van der Waals surface area contributed by atoms with E-state index in [4.69, 9.17) is 9.47 Å². The van der Waals surface area contributed by atoms with Crippen molar-refractivity contribution in [1.82, 2.24) is 9.78 Å². The Labute approximate surface area is 118 Å². The molecule has 0 aliphatic rings. The van der Waals surface area contributed by atoms with E-state index < -0.39 is 0 Å². The summed E-state index contributed by atoms with van der Waals surface area (Å²) in [7, 11) is 1.58. The van der Waals surface area contributed by atoms with Gasteiger partial charge in [0.25, 0.3) is 0 Å². The lowest BCUT2D eigenvalue weighted by atomic mass is 10.1. The fourth-order valence-corrected chi connectivity index (χ4v) is 1.85. The van der Waals surface area contributed by atoms with Crippen molar-refractivity contribution in [3.8, 4) is 11.5 Å². The first-order chi connectivity index (χ1) is 9.63. The molecule has 0 N–H and O–H groups in total. The Balaban J connectivity index is 2.16. The van der Waals surface area contributed by atoms with Gasteiger partial charge in [-0.15, -0.1) is 0 Å². The van der Waals surface area contributed by atoms with Crippen LogP contribution in [-0.2, 0) is 13.2 Å². The largest absolute Gasteiger partial charge is 0.497 e. The topological polar surface area (TPSA) is 53.4 Å². The van der Waals surface area contributed by atoms with Gasteiger partial charge >= 0.3 is 0 Å². The van der Waals surface area contributed by atoms with Gasteiger partial charge < -0.3 is 9.47 Å². The zero-order valence-electron chi connectivity index (χ0n) is 11.9. The maximum Gasteiger partial charge on any atom is 0.163 e. The lowest BCUT2D eigenvalue weighted by molar-refractivity contribution is 0.101. The monoisotopic (exact) mass is 274 g/mol. The molecule has 106 valence electrons. The molecular weight excluding hydrogens is 256 g/mol. The van der Waals surface area contributed by atoms with E-state index in [2.05, 4.69) is 5.10 Å². The molecule has 0 amide bonds. The molecule has 5 nitrogen and oxygen atoms in total. The molecule has 0 atom stereocenters. The molecule has 0 saturated heterocycles. The molecule has 0 radical (unpaired) electrons. The number of methoxy groups -OCH3 is 1. The second-order valence-corrected chi connectivity index (χ2v) is 4.41. The Kier molecular flexibility index (Phi) is 4.40. The molecule has 1 aromatic heterocycles. The molecule has 0 spiro atoms. The number of benzene rings is 1. The highest BCUT2D eigenvalue weighted by molar-refractivity contribution is 5.97. The Hall–Kier alpha value is -2.30. The van der Waals surface area contributed by atoms with Gasteiger partial charge in [0.1, 0.15) is 18.1 Å². The summed E-state index contributed by atoms with van der Waals surface area (Å²) in [6.45, 7) is 4.72. The predicted octanol–water partition coefficient (Wildman–Crippen LogP) is 2.69. The van der Waals surface area contributed by atoms with Crippen LogP contribution >= 0.6 is 0 Å². The van der Waals surface area contributed by atoms with Crippen molar-refractivity contribution in [2.75, 3.05) is 7.11 Å². The van der Waals surface area contributed by atoms with Crippen LogP contribution in [0.4, 0.5) is 0 Å². The van der Waals surface area contributed by atoms with Crippen molar-refractivity contribution >= 4 is 5.78 Å². The van der Waals surface area contributed by atoms with Crippen molar-refractivity contribution in [3.63, 3.8) is 0 Å². The number of Topliss-reactive ketones (excluding diaryl/α,β-unsaturated/α-hetero) is 1. The zero-order chi connectivity index (χ0) is 14.5. The Bertz CT molecular complexity index is 605. The number of carbonyl (C=O) groups is 1. The third kappa shape index (κ3) is 3.17. The number of aromatic nitrogens is 2. The van der Waals surface area contributed by atoms with Crippen LogP contribution < -0.4 is 9.47 Å². The van der Waals surface area contributed by atoms with Crippen LogP contribution in [0.5, 0.6) is 11.5 Å². The van der Waals surface area contributed by atoms with Crippen LogP contribution in [0.1, 0.15) is 29.8 Å². The van der Waals surface area contributed by atoms with Crippen molar-refractivity contribution < 1.29 is 14.3 Å². The maximum atomic E-state index is 11.6. The van der Waals surface area contributed by atoms with E-state index in [0.29, 0.717) is 23.7 Å². The maximum absolute atomic E-state index is 11.6. The first-order valence-corrected chi connectivity index (χ1v) is 6.47. The summed E-state index contributed by atoms with van der Waals surface area (Å²) >= 11 is 0. The van der Waals surface area contributed by atoms with E-state index in [9.17, 15) is 4.79 Å². The van der Waals surface area contributed by atoms with Gasteiger partial charge in [0, 0.05) is 24.4 Å². The number of carbonyl (C=O) groups excluding carboxylic acids is 1. The van der Waals surface area contributed by atoms with Crippen LogP contribution in [-0.4, -0.2) is 22.7 Å². The quantitative estimate of drug-likeness (QED) is 0.760. The van der Waals surface area contributed by atoms with Gasteiger partial charge in [-0.05, 0) is 26.0 Å². The minimum Gasteiger partial charge on any atom is -0.497 e. The van der Waals surface area contributed by atoms with Crippen LogP contribution in [0.3, 0.4) is 0 Å². The minimum absolute atomic E-state index is 0.0353. The molecule has 5 heteroatoms. The highest BCUT2D eigenvalue weighted by Gasteiger charge is 2.10. The summed E-state index contributed by atoms with van der Waals surface area (Å²) in [5.74, 6) is 1.15. The van der Waals surface area contributed by atoms with E-state index in [1.54, 1.807) is 31.5 Å². The fourth-order valence-electron chi connectivity index (χ4n) is 1.85. The predicted molar refractivity (Wildman–Crippen MR) is 75.2 cm³/mol. The molecule has 0 unspecified atom stereocenters. The van der Waals surface area contributed by atoms with E-state index >= 15 is 0 Å². The Morgan fingerprint density at radius 3 is 2.80 bits per heavy atom. The second-order valence-electron chi connectivity index (χ2n) is 4.41. The molecule has 1 aromatic carbocycles. The number of aryl methyl sites for hydroxylation is 1. The third-order valence-corrected chi connectivity index (χ3v) is 2.97. The number of nitrogens with zero attached hydrogens (tertiary/aromatic N) is 2. The van der Waals surface area contributed by atoms with E-state index in [1.165, 1.54) is 6.92 Å². The fraction of sp³-hybridized carbons (Fsp3) is 0.333. The van der Waals surface area contributed by atoms with E-state index in [0.717, 1.165) is 12.1 Å². The van der Waals surface area contributed by atoms with Crippen molar-refractivity contribution in [2.24, 2.45) is 0 Å². The molecule has 2 aromatic rings. The number of hydrogen-bond donors (Lipinski definition) is 0.